The van der Waals surface area contributed by atoms with Crippen LogP contribution in [0.2, 0.25) is 0 Å². The number of likely N-dealkylation sites (tertiary alicyclic amines) is 1. The van der Waals surface area contributed by atoms with Crippen LogP contribution in [0.5, 0.6) is 0 Å². The van der Waals surface area contributed by atoms with Crippen LogP contribution in [0.25, 0.3) is 0 Å². The summed E-state index contributed by atoms with van der Waals surface area (Å²) in [6.07, 6.45) is 5.25. The van der Waals surface area contributed by atoms with Crippen molar-refractivity contribution in [2.45, 2.75) is 25.8 Å². The zero-order valence-electron chi connectivity index (χ0n) is 10.5. The summed E-state index contributed by atoms with van der Waals surface area (Å²) in [5.74, 6) is -0.274. The van der Waals surface area contributed by atoms with Gasteiger partial charge in [0, 0.05) is 13.1 Å². The van der Waals surface area contributed by atoms with Gasteiger partial charge in [-0.3, -0.25) is 0 Å². The minimum atomic E-state index is -0.946. The molecule has 1 saturated heterocycles. The average molecular weight is 252 g/mol. The summed E-state index contributed by atoms with van der Waals surface area (Å²) in [7, 11) is 0. The number of carboxylic acid groups (broad SMARTS) is 1. The summed E-state index contributed by atoms with van der Waals surface area (Å²) in [6, 6.07) is 1.57. The van der Waals surface area contributed by atoms with Crippen molar-refractivity contribution >= 4 is 5.97 Å². The van der Waals surface area contributed by atoms with Crippen LogP contribution in [0, 0.1) is 0 Å². The van der Waals surface area contributed by atoms with Crippen LogP contribution in [-0.4, -0.2) is 42.2 Å². The van der Waals surface area contributed by atoms with E-state index in [9.17, 15) is 4.79 Å². The second kappa shape index (κ2) is 6.56. The molecule has 1 fully saturated rings. The first-order valence-corrected chi connectivity index (χ1v) is 6.49. The summed E-state index contributed by atoms with van der Waals surface area (Å²) in [5.41, 5.74) is 0.211. The zero-order valence-corrected chi connectivity index (χ0v) is 10.5. The highest BCUT2D eigenvalue weighted by Crippen LogP contribution is 2.08. The summed E-state index contributed by atoms with van der Waals surface area (Å²) in [4.78, 5) is 13.1. The van der Waals surface area contributed by atoms with Gasteiger partial charge in [0.25, 0.3) is 0 Å². The van der Waals surface area contributed by atoms with Gasteiger partial charge in [-0.25, -0.2) is 4.79 Å². The largest absolute Gasteiger partial charge is 0.478 e. The fraction of sp³-hybridized carbons (Fsp3) is 0.615. The predicted octanol–water partition coefficient (Wildman–Crippen LogP) is 1.55. The SMILES string of the molecule is O=C(O)c1coc(CNCCN2CCCCC2)c1. The van der Waals surface area contributed by atoms with Crippen LogP contribution in [-0.2, 0) is 6.54 Å². The molecule has 18 heavy (non-hydrogen) atoms. The van der Waals surface area contributed by atoms with E-state index < -0.39 is 5.97 Å². The lowest BCUT2D eigenvalue weighted by molar-refractivity contribution is 0.0696. The standard InChI is InChI=1S/C13H20N2O3/c16-13(17)11-8-12(18-10-11)9-14-4-7-15-5-2-1-3-6-15/h8,10,14H,1-7,9H2,(H,16,17). The molecule has 0 aliphatic carbocycles. The van der Waals surface area contributed by atoms with Crippen LogP contribution in [0.1, 0.15) is 35.4 Å². The molecule has 0 aromatic carbocycles. The first kappa shape index (κ1) is 13.1. The maximum atomic E-state index is 10.7. The fourth-order valence-corrected chi connectivity index (χ4v) is 2.22. The number of piperidine rings is 1. The lowest BCUT2D eigenvalue weighted by Gasteiger charge is -2.26. The molecular weight excluding hydrogens is 232 g/mol. The number of aromatic carboxylic acids is 1. The number of carbonyl (C=O) groups is 1. The van der Waals surface area contributed by atoms with Crippen molar-refractivity contribution in [3.05, 3.63) is 23.7 Å². The highest BCUT2D eigenvalue weighted by molar-refractivity contribution is 5.87. The van der Waals surface area contributed by atoms with Gasteiger partial charge in [0.1, 0.15) is 12.0 Å². The van der Waals surface area contributed by atoms with Crippen LogP contribution in [0.15, 0.2) is 16.7 Å². The smallest absolute Gasteiger partial charge is 0.338 e. The highest BCUT2D eigenvalue weighted by atomic mass is 16.4. The van der Waals surface area contributed by atoms with Crippen molar-refractivity contribution < 1.29 is 14.3 Å². The topological polar surface area (TPSA) is 65.7 Å². The van der Waals surface area contributed by atoms with E-state index in [1.54, 1.807) is 6.07 Å². The third-order valence-corrected chi connectivity index (χ3v) is 3.25. The number of hydrogen-bond acceptors (Lipinski definition) is 4. The van der Waals surface area contributed by atoms with Crippen molar-refractivity contribution in [3.8, 4) is 0 Å². The third-order valence-electron chi connectivity index (χ3n) is 3.25. The van der Waals surface area contributed by atoms with Gasteiger partial charge in [0.2, 0.25) is 0 Å². The van der Waals surface area contributed by atoms with E-state index >= 15 is 0 Å². The summed E-state index contributed by atoms with van der Waals surface area (Å²) < 4.78 is 5.16. The van der Waals surface area contributed by atoms with E-state index in [1.807, 2.05) is 0 Å². The van der Waals surface area contributed by atoms with E-state index in [1.165, 1.54) is 38.6 Å². The molecule has 0 unspecified atom stereocenters. The molecule has 0 amide bonds. The Kier molecular flexibility index (Phi) is 4.78. The zero-order chi connectivity index (χ0) is 12.8. The Hall–Kier alpha value is -1.33. The quantitative estimate of drug-likeness (QED) is 0.752. The molecule has 1 aliphatic heterocycles. The normalized spacial score (nSPS) is 16.9. The Balaban J connectivity index is 1.63. The minimum Gasteiger partial charge on any atom is -0.478 e. The minimum absolute atomic E-state index is 0.211. The average Bonchev–Trinajstić information content (AvgIpc) is 2.85. The van der Waals surface area contributed by atoms with Crippen LogP contribution in [0.4, 0.5) is 0 Å². The summed E-state index contributed by atoms with van der Waals surface area (Å²) in [5, 5.41) is 12.0. The van der Waals surface area contributed by atoms with Gasteiger partial charge < -0.3 is 19.7 Å². The summed E-state index contributed by atoms with van der Waals surface area (Å²) in [6.45, 7) is 4.94. The molecule has 5 heteroatoms. The van der Waals surface area contributed by atoms with Crippen LogP contribution < -0.4 is 5.32 Å². The molecule has 2 rings (SSSR count). The third kappa shape index (κ3) is 3.85. The van der Waals surface area contributed by atoms with Crippen LogP contribution >= 0.6 is 0 Å². The Bertz CT molecular complexity index is 383. The number of carboxylic acids is 1. The molecule has 1 aliphatic rings. The first-order valence-electron chi connectivity index (χ1n) is 6.49. The second-order valence-corrected chi connectivity index (χ2v) is 4.69. The van der Waals surface area contributed by atoms with Gasteiger partial charge in [-0.2, -0.15) is 0 Å². The molecule has 5 nitrogen and oxygen atoms in total. The Morgan fingerprint density at radius 1 is 1.39 bits per heavy atom. The number of nitrogens with one attached hydrogen (secondary N) is 1. The van der Waals surface area contributed by atoms with Gasteiger partial charge in [-0.1, -0.05) is 6.42 Å². The molecule has 2 N–H and O–H groups in total. The lowest BCUT2D eigenvalue weighted by atomic mass is 10.1. The molecule has 0 spiro atoms. The number of hydrogen-bond donors (Lipinski definition) is 2. The van der Waals surface area contributed by atoms with Gasteiger partial charge in [0.05, 0.1) is 12.1 Å². The van der Waals surface area contributed by atoms with Crippen molar-refractivity contribution in [2.24, 2.45) is 0 Å². The van der Waals surface area contributed by atoms with Crippen LogP contribution in [0.3, 0.4) is 0 Å². The van der Waals surface area contributed by atoms with E-state index in [0.29, 0.717) is 12.3 Å². The van der Waals surface area contributed by atoms with E-state index in [2.05, 4.69) is 10.2 Å². The number of rotatable bonds is 6. The molecular formula is C13H20N2O3. The van der Waals surface area contributed by atoms with E-state index in [-0.39, 0.29) is 5.56 Å². The van der Waals surface area contributed by atoms with Crippen molar-refractivity contribution in [3.63, 3.8) is 0 Å². The fourth-order valence-electron chi connectivity index (χ4n) is 2.22. The molecule has 100 valence electrons. The van der Waals surface area contributed by atoms with Crippen molar-refractivity contribution in [2.75, 3.05) is 26.2 Å². The molecule has 2 heterocycles. The van der Waals surface area contributed by atoms with Gasteiger partial charge in [-0.05, 0) is 32.0 Å². The van der Waals surface area contributed by atoms with Gasteiger partial charge >= 0.3 is 5.97 Å². The van der Waals surface area contributed by atoms with Crippen molar-refractivity contribution in [1.82, 2.24) is 10.2 Å². The second-order valence-electron chi connectivity index (χ2n) is 4.69. The van der Waals surface area contributed by atoms with E-state index in [4.69, 9.17) is 9.52 Å². The number of furan rings is 1. The monoisotopic (exact) mass is 252 g/mol. The van der Waals surface area contributed by atoms with E-state index in [0.717, 1.165) is 13.1 Å². The summed E-state index contributed by atoms with van der Waals surface area (Å²) >= 11 is 0. The molecule has 0 radical (unpaired) electrons. The van der Waals surface area contributed by atoms with Gasteiger partial charge in [-0.15, -0.1) is 0 Å². The lowest BCUT2D eigenvalue weighted by Crippen LogP contribution is -2.35. The molecule has 0 atom stereocenters. The maximum Gasteiger partial charge on any atom is 0.338 e. The van der Waals surface area contributed by atoms with Gasteiger partial charge in [0.15, 0.2) is 0 Å². The number of nitrogens with zero attached hydrogens (tertiary/aromatic N) is 1. The molecule has 1 aromatic heterocycles. The van der Waals surface area contributed by atoms with Crippen molar-refractivity contribution in [1.29, 1.82) is 0 Å². The molecule has 1 aromatic rings. The Morgan fingerprint density at radius 2 is 2.17 bits per heavy atom. The maximum absolute atomic E-state index is 10.7. The molecule has 0 saturated carbocycles. The molecule has 0 bridgehead atoms. The Labute approximate surface area is 107 Å². The Morgan fingerprint density at radius 3 is 2.83 bits per heavy atom. The predicted molar refractivity (Wildman–Crippen MR) is 67.7 cm³/mol. The first-order chi connectivity index (χ1) is 8.75. The highest BCUT2D eigenvalue weighted by Gasteiger charge is 2.10.